The van der Waals surface area contributed by atoms with Crippen molar-refractivity contribution in [3.63, 3.8) is 0 Å². The second-order valence-electron chi connectivity index (χ2n) is 5.87. The Kier molecular flexibility index (Phi) is 5.86. The van der Waals surface area contributed by atoms with Gasteiger partial charge in [-0.3, -0.25) is 4.79 Å². The molecule has 25 heavy (non-hydrogen) atoms. The molecule has 0 unspecified atom stereocenters. The van der Waals surface area contributed by atoms with Crippen LogP contribution in [-0.2, 0) is 0 Å². The van der Waals surface area contributed by atoms with Crippen LogP contribution >= 0.6 is 11.6 Å². The molecule has 2 aromatic carbocycles. The van der Waals surface area contributed by atoms with Crippen LogP contribution < -0.4 is 10.7 Å². The molecule has 0 aliphatic heterocycles. The van der Waals surface area contributed by atoms with E-state index in [1.165, 1.54) is 0 Å². The molecule has 0 saturated carbocycles. The van der Waals surface area contributed by atoms with Gasteiger partial charge in [0.2, 0.25) is 0 Å². The van der Waals surface area contributed by atoms with E-state index in [-0.39, 0.29) is 5.91 Å². The third-order valence-corrected chi connectivity index (χ3v) is 4.48. The molecule has 0 spiro atoms. The molecule has 4 nitrogen and oxygen atoms in total. The van der Waals surface area contributed by atoms with E-state index in [1.807, 2.05) is 48.5 Å². The summed E-state index contributed by atoms with van der Waals surface area (Å²) in [5.41, 5.74) is 5.78. The van der Waals surface area contributed by atoms with Gasteiger partial charge in [0, 0.05) is 10.7 Å². The Morgan fingerprint density at radius 1 is 1.00 bits per heavy atom. The lowest BCUT2D eigenvalue weighted by Crippen LogP contribution is -2.19. The molecule has 0 fully saturated rings. The zero-order chi connectivity index (χ0) is 17.5. The third kappa shape index (κ3) is 4.70. The van der Waals surface area contributed by atoms with E-state index in [0.29, 0.717) is 5.56 Å². The number of benzene rings is 2. The number of para-hydroxylation sites is 2. The summed E-state index contributed by atoms with van der Waals surface area (Å²) in [6.07, 6.45) is 5.67. The Bertz CT molecular complexity index is 800. The maximum absolute atomic E-state index is 12.5. The number of nitrogens with zero attached hydrogens (tertiary/aromatic N) is 1. The van der Waals surface area contributed by atoms with Crippen LogP contribution in [0.1, 0.15) is 36.0 Å². The van der Waals surface area contributed by atoms with Crippen molar-refractivity contribution < 1.29 is 4.79 Å². The quantitative estimate of drug-likeness (QED) is 0.572. The van der Waals surface area contributed by atoms with Crippen LogP contribution in [0.15, 0.2) is 70.3 Å². The first-order valence-electron chi connectivity index (χ1n) is 8.36. The second kappa shape index (κ2) is 8.49. The lowest BCUT2D eigenvalue weighted by molar-refractivity contribution is 0.0956. The number of nitrogens with one attached hydrogen (secondary N) is 2. The van der Waals surface area contributed by atoms with E-state index in [2.05, 4.69) is 15.8 Å². The van der Waals surface area contributed by atoms with Crippen molar-refractivity contribution in [1.82, 2.24) is 5.43 Å². The molecule has 5 heteroatoms. The average molecular weight is 354 g/mol. The summed E-state index contributed by atoms with van der Waals surface area (Å²) in [5, 5.41) is 8.18. The number of hydrogen-bond acceptors (Lipinski definition) is 3. The number of amides is 1. The minimum absolute atomic E-state index is 0.261. The van der Waals surface area contributed by atoms with Gasteiger partial charge in [0.15, 0.2) is 0 Å². The fraction of sp³-hybridized carbons (Fsp3) is 0.200. The molecule has 0 heterocycles. The SMILES string of the molecule is O=C(N/N=C/C1=C(Cl)CCCC1)c1ccccc1Nc1ccccc1. The average Bonchev–Trinajstić information content (AvgIpc) is 2.64. The number of allylic oxidation sites excluding steroid dienone is 2. The Morgan fingerprint density at radius 2 is 1.72 bits per heavy atom. The Hall–Kier alpha value is -2.59. The van der Waals surface area contributed by atoms with Crippen LogP contribution in [-0.4, -0.2) is 12.1 Å². The van der Waals surface area contributed by atoms with E-state index in [1.54, 1.807) is 12.3 Å². The molecule has 3 rings (SSSR count). The molecule has 128 valence electrons. The monoisotopic (exact) mass is 353 g/mol. The van der Waals surface area contributed by atoms with Crippen molar-refractivity contribution in [1.29, 1.82) is 0 Å². The zero-order valence-electron chi connectivity index (χ0n) is 13.8. The lowest BCUT2D eigenvalue weighted by Gasteiger charge is -2.12. The van der Waals surface area contributed by atoms with Crippen LogP contribution in [0.25, 0.3) is 0 Å². The molecule has 1 aliphatic rings. The van der Waals surface area contributed by atoms with Crippen molar-refractivity contribution in [2.24, 2.45) is 5.10 Å². The van der Waals surface area contributed by atoms with Crippen molar-refractivity contribution >= 4 is 35.1 Å². The molecule has 2 N–H and O–H groups in total. The van der Waals surface area contributed by atoms with Crippen molar-refractivity contribution in [3.8, 4) is 0 Å². The zero-order valence-corrected chi connectivity index (χ0v) is 14.6. The first kappa shape index (κ1) is 17.2. The molecule has 0 saturated heterocycles. The highest BCUT2D eigenvalue weighted by atomic mass is 35.5. The summed E-state index contributed by atoms with van der Waals surface area (Å²) < 4.78 is 0. The van der Waals surface area contributed by atoms with Gasteiger partial charge in [-0.1, -0.05) is 41.9 Å². The summed E-state index contributed by atoms with van der Waals surface area (Å²) >= 11 is 6.20. The third-order valence-electron chi connectivity index (χ3n) is 4.05. The highest BCUT2D eigenvalue weighted by Gasteiger charge is 2.11. The first-order chi connectivity index (χ1) is 12.2. The van der Waals surface area contributed by atoms with Crippen LogP contribution in [0, 0.1) is 0 Å². The van der Waals surface area contributed by atoms with Crippen molar-refractivity contribution in [2.45, 2.75) is 25.7 Å². The molecule has 0 aromatic heterocycles. The first-order valence-corrected chi connectivity index (χ1v) is 8.74. The standard InChI is InChI=1S/C20H20ClN3O/c21-18-12-6-4-8-15(18)14-22-24-20(25)17-11-5-7-13-19(17)23-16-9-2-1-3-10-16/h1-3,5,7,9-11,13-14,23H,4,6,8,12H2,(H,24,25)/b22-14+. The van der Waals surface area contributed by atoms with Crippen LogP contribution in [0.3, 0.4) is 0 Å². The number of carbonyl (C=O) groups is 1. The van der Waals surface area contributed by atoms with Gasteiger partial charge in [0.25, 0.3) is 5.91 Å². The molecule has 1 amide bonds. The molecule has 2 aromatic rings. The van der Waals surface area contributed by atoms with E-state index >= 15 is 0 Å². The molecule has 0 atom stereocenters. The topological polar surface area (TPSA) is 53.5 Å². The highest BCUT2D eigenvalue weighted by molar-refractivity contribution is 6.31. The maximum atomic E-state index is 12.5. The lowest BCUT2D eigenvalue weighted by atomic mass is 10.0. The van der Waals surface area contributed by atoms with Gasteiger partial charge in [0.05, 0.1) is 17.5 Å². The summed E-state index contributed by atoms with van der Waals surface area (Å²) in [4.78, 5) is 12.5. The normalized spacial score (nSPS) is 14.6. The summed E-state index contributed by atoms with van der Waals surface area (Å²) in [7, 11) is 0. The van der Waals surface area contributed by atoms with Gasteiger partial charge in [0.1, 0.15) is 0 Å². The second-order valence-corrected chi connectivity index (χ2v) is 6.33. The van der Waals surface area contributed by atoms with Gasteiger partial charge in [-0.2, -0.15) is 5.10 Å². The van der Waals surface area contributed by atoms with E-state index in [4.69, 9.17) is 11.6 Å². The van der Waals surface area contributed by atoms with Gasteiger partial charge >= 0.3 is 0 Å². The minimum Gasteiger partial charge on any atom is -0.355 e. The molecule has 1 aliphatic carbocycles. The van der Waals surface area contributed by atoms with Crippen LogP contribution in [0.4, 0.5) is 11.4 Å². The fourth-order valence-corrected chi connectivity index (χ4v) is 3.00. The van der Waals surface area contributed by atoms with Crippen LogP contribution in [0.5, 0.6) is 0 Å². The predicted octanol–water partition coefficient (Wildman–Crippen LogP) is 5.21. The number of halogens is 1. The highest BCUT2D eigenvalue weighted by Crippen LogP contribution is 2.26. The van der Waals surface area contributed by atoms with Crippen molar-refractivity contribution in [3.05, 3.63) is 70.8 Å². The smallest absolute Gasteiger partial charge is 0.273 e. The number of anilines is 2. The predicted molar refractivity (Wildman–Crippen MR) is 103 cm³/mol. The Morgan fingerprint density at radius 3 is 2.52 bits per heavy atom. The minimum atomic E-state index is -0.261. The molecule has 0 bridgehead atoms. The Balaban J connectivity index is 1.70. The Labute approximate surface area is 152 Å². The number of hydrogen-bond donors (Lipinski definition) is 2. The summed E-state index contributed by atoms with van der Waals surface area (Å²) in [6.45, 7) is 0. The molecule has 0 radical (unpaired) electrons. The van der Waals surface area contributed by atoms with E-state index in [9.17, 15) is 4.79 Å². The van der Waals surface area contributed by atoms with Gasteiger partial charge in [-0.05, 0) is 55.5 Å². The number of carbonyl (C=O) groups excluding carboxylic acids is 1. The number of hydrazone groups is 1. The van der Waals surface area contributed by atoms with E-state index < -0.39 is 0 Å². The van der Waals surface area contributed by atoms with Gasteiger partial charge in [-0.25, -0.2) is 5.43 Å². The summed E-state index contributed by atoms with van der Waals surface area (Å²) in [5.74, 6) is -0.261. The molecular weight excluding hydrogens is 334 g/mol. The van der Waals surface area contributed by atoms with Gasteiger partial charge < -0.3 is 5.32 Å². The summed E-state index contributed by atoms with van der Waals surface area (Å²) in [6, 6.07) is 17.1. The van der Waals surface area contributed by atoms with E-state index in [0.717, 1.165) is 47.7 Å². The number of rotatable bonds is 5. The largest absolute Gasteiger partial charge is 0.355 e. The maximum Gasteiger partial charge on any atom is 0.273 e. The fourth-order valence-electron chi connectivity index (χ4n) is 2.72. The van der Waals surface area contributed by atoms with Crippen LogP contribution in [0.2, 0.25) is 0 Å². The molecular formula is C20H20ClN3O. The van der Waals surface area contributed by atoms with Gasteiger partial charge in [-0.15, -0.1) is 0 Å². The van der Waals surface area contributed by atoms with Crippen molar-refractivity contribution in [2.75, 3.05) is 5.32 Å².